The van der Waals surface area contributed by atoms with E-state index in [1.165, 1.54) is 6.08 Å². The summed E-state index contributed by atoms with van der Waals surface area (Å²) in [6.07, 6.45) is 2.14. The van der Waals surface area contributed by atoms with E-state index in [2.05, 4.69) is 10.2 Å². The number of hydrogen-bond donors (Lipinski definition) is 0. The van der Waals surface area contributed by atoms with E-state index in [-0.39, 0.29) is 5.91 Å². The highest BCUT2D eigenvalue weighted by molar-refractivity contribution is 5.90. The Balaban J connectivity index is 2.12. The van der Waals surface area contributed by atoms with Gasteiger partial charge in [-0.05, 0) is 5.56 Å². The Kier molecular flexibility index (Phi) is 2.00. The van der Waals surface area contributed by atoms with Crippen LogP contribution in [0.25, 0.3) is 0 Å². The highest BCUT2D eigenvalue weighted by Gasteiger charge is 2.07. The van der Waals surface area contributed by atoms with Gasteiger partial charge in [0.1, 0.15) is 0 Å². The normalized spacial score (nSPS) is 14.8. The molecule has 64 valence electrons. The van der Waals surface area contributed by atoms with Crippen LogP contribution in [-0.4, -0.2) is 5.91 Å². The molecule has 1 aliphatic rings. The van der Waals surface area contributed by atoms with Gasteiger partial charge in [0.05, 0.1) is 5.70 Å². The Morgan fingerprint density at radius 2 is 1.85 bits per heavy atom. The molecule has 1 amide bonds. The summed E-state index contributed by atoms with van der Waals surface area (Å²) in [5.74, 6) is -0.258. The third-order valence-corrected chi connectivity index (χ3v) is 1.80. The molecule has 0 spiro atoms. The number of benzene rings is 1. The lowest BCUT2D eigenvalue weighted by Gasteiger charge is -1.96. The second-order valence-electron chi connectivity index (χ2n) is 2.84. The molecule has 1 aromatic rings. The summed E-state index contributed by atoms with van der Waals surface area (Å²) in [7, 11) is 0. The minimum absolute atomic E-state index is 0.258. The summed E-state index contributed by atoms with van der Waals surface area (Å²) >= 11 is 0. The molecule has 1 heterocycles. The van der Waals surface area contributed by atoms with Crippen LogP contribution in [0.1, 0.15) is 5.56 Å². The zero-order valence-electron chi connectivity index (χ0n) is 6.97. The van der Waals surface area contributed by atoms with Crippen LogP contribution in [0.2, 0.25) is 0 Å². The molecule has 1 aliphatic heterocycles. The SMILES string of the molecule is O=C1C=C(Cc2ccccc2)N=N1. The van der Waals surface area contributed by atoms with Gasteiger partial charge in [0.2, 0.25) is 0 Å². The van der Waals surface area contributed by atoms with E-state index in [9.17, 15) is 4.79 Å². The Hall–Kier alpha value is -1.77. The van der Waals surface area contributed by atoms with Gasteiger partial charge in [-0.25, -0.2) is 0 Å². The summed E-state index contributed by atoms with van der Waals surface area (Å²) in [6, 6.07) is 9.88. The molecule has 0 aliphatic carbocycles. The average Bonchev–Trinajstić information content (AvgIpc) is 2.53. The molecule has 0 radical (unpaired) electrons. The Labute approximate surface area is 75.8 Å². The molecule has 2 rings (SSSR count). The van der Waals surface area contributed by atoms with Gasteiger partial charge >= 0.3 is 0 Å². The quantitative estimate of drug-likeness (QED) is 0.673. The van der Waals surface area contributed by atoms with Gasteiger partial charge in [0.15, 0.2) is 0 Å². The summed E-state index contributed by atoms with van der Waals surface area (Å²) < 4.78 is 0. The molecule has 0 unspecified atom stereocenters. The minimum atomic E-state index is -0.258. The number of azo groups is 1. The van der Waals surface area contributed by atoms with Crippen LogP contribution in [0.15, 0.2) is 52.3 Å². The average molecular weight is 172 g/mol. The van der Waals surface area contributed by atoms with Crippen molar-refractivity contribution in [3.8, 4) is 0 Å². The molecule has 0 atom stereocenters. The van der Waals surface area contributed by atoms with Crippen molar-refractivity contribution in [2.45, 2.75) is 6.42 Å². The van der Waals surface area contributed by atoms with Gasteiger partial charge in [0, 0.05) is 12.5 Å². The van der Waals surface area contributed by atoms with E-state index < -0.39 is 0 Å². The van der Waals surface area contributed by atoms with E-state index in [1.807, 2.05) is 30.3 Å². The van der Waals surface area contributed by atoms with Gasteiger partial charge in [-0.1, -0.05) is 30.3 Å². The molecular formula is C10H8N2O. The van der Waals surface area contributed by atoms with E-state index >= 15 is 0 Å². The molecular weight excluding hydrogens is 164 g/mol. The monoisotopic (exact) mass is 172 g/mol. The van der Waals surface area contributed by atoms with Crippen molar-refractivity contribution in [2.75, 3.05) is 0 Å². The van der Waals surface area contributed by atoms with Crippen LogP contribution in [-0.2, 0) is 11.2 Å². The first-order valence-electron chi connectivity index (χ1n) is 4.05. The lowest BCUT2D eigenvalue weighted by molar-refractivity contribution is -0.113. The van der Waals surface area contributed by atoms with Crippen molar-refractivity contribution >= 4 is 5.91 Å². The summed E-state index contributed by atoms with van der Waals surface area (Å²) in [4.78, 5) is 10.7. The van der Waals surface area contributed by atoms with Gasteiger partial charge in [-0.2, -0.15) is 5.11 Å². The fourth-order valence-electron chi connectivity index (χ4n) is 1.21. The minimum Gasteiger partial charge on any atom is -0.266 e. The number of carbonyl (C=O) groups excluding carboxylic acids is 1. The van der Waals surface area contributed by atoms with Crippen LogP contribution in [0.5, 0.6) is 0 Å². The topological polar surface area (TPSA) is 41.8 Å². The second-order valence-corrected chi connectivity index (χ2v) is 2.84. The number of hydrogen-bond acceptors (Lipinski definition) is 2. The number of carbonyl (C=O) groups is 1. The highest BCUT2D eigenvalue weighted by atomic mass is 16.1. The molecule has 1 aromatic carbocycles. The number of nitrogens with zero attached hydrogens (tertiary/aromatic N) is 2. The Bertz CT molecular complexity index is 379. The van der Waals surface area contributed by atoms with Crippen molar-refractivity contribution in [1.29, 1.82) is 0 Å². The van der Waals surface area contributed by atoms with Crippen LogP contribution in [0.3, 0.4) is 0 Å². The van der Waals surface area contributed by atoms with Crippen molar-refractivity contribution in [3.05, 3.63) is 47.7 Å². The van der Waals surface area contributed by atoms with Gasteiger partial charge in [0.25, 0.3) is 5.91 Å². The fraction of sp³-hybridized carbons (Fsp3) is 0.100. The summed E-state index contributed by atoms with van der Waals surface area (Å²) in [5.41, 5.74) is 1.87. The lowest BCUT2D eigenvalue weighted by atomic mass is 10.1. The summed E-state index contributed by atoms with van der Waals surface area (Å²) in [5, 5.41) is 7.16. The highest BCUT2D eigenvalue weighted by Crippen LogP contribution is 2.13. The van der Waals surface area contributed by atoms with Crippen LogP contribution < -0.4 is 0 Å². The zero-order valence-corrected chi connectivity index (χ0v) is 6.97. The standard InChI is InChI=1S/C10H8N2O/c13-10-7-9(11-12-10)6-8-4-2-1-3-5-8/h1-5,7H,6H2. The van der Waals surface area contributed by atoms with E-state index in [0.717, 1.165) is 11.3 Å². The maximum Gasteiger partial charge on any atom is 0.290 e. The number of rotatable bonds is 2. The predicted molar refractivity (Wildman–Crippen MR) is 48.1 cm³/mol. The van der Waals surface area contributed by atoms with Crippen LogP contribution in [0, 0.1) is 0 Å². The number of allylic oxidation sites excluding steroid dienone is 1. The van der Waals surface area contributed by atoms with E-state index in [0.29, 0.717) is 6.42 Å². The second kappa shape index (κ2) is 3.31. The predicted octanol–water partition coefficient (Wildman–Crippen LogP) is 2.11. The van der Waals surface area contributed by atoms with Crippen LogP contribution in [0.4, 0.5) is 0 Å². The van der Waals surface area contributed by atoms with Crippen molar-refractivity contribution in [2.24, 2.45) is 10.2 Å². The molecule has 0 aromatic heterocycles. The maximum absolute atomic E-state index is 10.7. The van der Waals surface area contributed by atoms with Gasteiger partial charge in [-0.3, -0.25) is 4.79 Å². The molecule has 3 nitrogen and oxygen atoms in total. The molecule has 0 saturated carbocycles. The maximum atomic E-state index is 10.7. The first-order valence-corrected chi connectivity index (χ1v) is 4.05. The van der Waals surface area contributed by atoms with Gasteiger partial charge in [-0.15, -0.1) is 5.11 Å². The molecule has 0 fully saturated rings. The smallest absolute Gasteiger partial charge is 0.266 e. The fourth-order valence-corrected chi connectivity index (χ4v) is 1.21. The van der Waals surface area contributed by atoms with Gasteiger partial charge < -0.3 is 0 Å². The first-order chi connectivity index (χ1) is 6.34. The first kappa shape index (κ1) is 7.86. The Morgan fingerprint density at radius 1 is 1.08 bits per heavy atom. The largest absolute Gasteiger partial charge is 0.290 e. The van der Waals surface area contributed by atoms with Crippen molar-refractivity contribution < 1.29 is 4.79 Å². The van der Waals surface area contributed by atoms with Crippen molar-refractivity contribution in [1.82, 2.24) is 0 Å². The number of amides is 1. The lowest BCUT2D eigenvalue weighted by Crippen LogP contribution is -1.86. The van der Waals surface area contributed by atoms with Crippen molar-refractivity contribution in [3.63, 3.8) is 0 Å². The van der Waals surface area contributed by atoms with Crippen LogP contribution >= 0.6 is 0 Å². The molecule has 13 heavy (non-hydrogen) atoms. The Morgan fingerprint density at radius 3 is 2.46 bits per heavy atom. The van der Waals surface area contributed by atoms with E-state index in [4.69, 9.17) is 0 Å². The third-order valence-electron chi connectivity index (χ3n) is 1.80. The zero-order chi connectivity index (χ0) is 9.10. The molecule has 0 N–H and O–H groups in total. The molecule has 3 heteroatoms. The molecule has 0 saturated heterocycles. The molecule has 0 bridgehead atoms. The van der Waals surface area contributed by atoms with E-state index in [1.54, 1.807) is 0 Å². The summed E-state index contributed by atoms with van der Waals surface area (Å²) in [6.45, 7) is 0. The third kappa shape index (κ3) is 1.87.